The van der Waals surface area contributed by atoms with Crippen LogP contribution in [-0.2, 0) is 21.4 Å². The SMILES string of the molecule is COc1ccc2c(C)c(CCC(=O)N3CCC(C(=O)[O-])(c4ccccc4)CC3)c(=O)oc2c1. The maximum atomic E-state index is 12.9. The van der Waals surface area contributed by atoms with Crippen molar-refractivity contribution in [1.29, 1.82) is 0 Å². The van der Waals surface area contributed by atoms with Crippen LogP contribution in [0.15, 0.2) is 57.7 Å². The Morgan fingerprint density at radius 1 is 1.12 bits per heavy atom. The summed E-state index contributed by atoms with van der Waals surface area (Å²) in [4.78, 5) is 39.1. The molecule has 1 aliphatic rings. The van der Waals surface area contributed by atoms with Gasteiger partial charge in [-0.3, -0.25) is 4.79 Å². The van der Waals surface area contributed by atoms with Gasteiger partial charge in [-0.25, -0.2) is 4.79 Å². The number of ether oxygens (including phenoxy) is 1. The highest BCUT2D eigenvalue weighted by atomic mass is 16.5. The molecule has 33 heavy (non-hydrogen) atoms. The molecular weight excluding hydrogens is 422 g/mol. The quantitative estimate of drug-likeness (QED) is 0.537. The summed E-state index contributed by atoms with van der Waals surface area (Å²) in [7, 11) is 1.55. The molecule has 0 saturated carbocycles. The van der Waals surface area contributed by atoms with Crippen molar-refractivity contribution in [1.82, 2.24) is 4.90 Å². The summed E-state index contributed by atoms with van der Waals surface area (Å²) in [5.74, 6) is -0.619. The molecule has 0 N–H and O–H groups in total. The number of hydrogen-bond donors (Lipinski definition) is 0. The van der Waals surface area contributed by atoms with Crippen molar-refractivity contribution in [2.24, 2.45) is 0 Å². The van der Waals surface area contributed by atoms with E-state index < -0.39 is 17.0 Å². The number of nitrogens with zero attached hydrogens (tertiary/aromatic N) is 1. The van der Waals surface area contributed by atoms with E-state index in [1.165, 1.54) is 0 Å². The van der Waals surface area contributed by atoms with Crippen molar-refractivity contribution in [3.63, 3.8) is 0 Å². The number of carbonyl (C=O) groups is 2. The van der Waals surface area contributed by atoms with Crippen LogP contribution in [-0.4, -0.2) is 37.0 Å². The van der Waals surface area contributed by atoms with Gasteiger partial charge in [-0.05, 0) is 49.4 Å². The minimum atomic E-state index is -1.11. The third kappa shape index (κ3) is 4.23. The topological polar surface area (TPSA) is 99.9 Å². The van der Waals surface area contributed by atoms with Crippen LogP contribution in [0.25, 0.3) is 11.0 Å². The van der Waals surface area contributed by atoms with Gasteiger partial charge in [-0.15, -0.1) is 0 Å². The van der Waals surface area contributed by atoms with E-state index in [4.69, 9.17) is 9.15 Å². The molecule has 2 heterocycles. The number of piperidine rings is 1. The summed E-state index contributed by atoms with van der Waals surface area (Å²) in [5.41, 5.74) is 0.872. The Balaban J connectivity index is 1.45. The van der Waals surface area contributed by atoms with Gasteiger partial charge in [-0.1, -0.05) is 30.3 Å². The van der Waals surface area contributed by atoms with Gasteiger partial charge in [0.25, 0.3) is 0 Å². The maximum Gasteiger partial charge on any atom is 0.339 e. The molecule has 1 amide bonds. The molecular formula is C26H26NO6-. The predicted molar refractivity (Wildman–Crippen MR) is 121 cm³/mol. The molecule has 0 bridgehead atoms. The second-order valence-electron chi connectivity index (χ2n) is 8.47. The normalized spacial score (nSPS) is 15.4. The van der Waals surface area contributed by atoms with Crippen molar-refractivity contribution in [2.45, 2.75) is 38.0 Å². The first-order chi connectivity index (χ1) is 15.9. The Labute approximate surface area is 191 Å². The Morgan fingerprint density at radius 2 is 1.82 bits per heavy atom. The molecule has 0 atom stereocenters. The van der Waals surface area contributed by atoms with Crippen molar-refractivity contribution in [3.05, 3.63) is 75.6 Å². The van der Waals surface area contributed by atoms with E-state index in [2.05, 4.69) is 0 Å². The lowest BCUT2D eigenvalue weighted by molar-refractivity contribution is -0.315. The monoisotopic (exact) mass is 448 g/mol. The van der Waals surface area contributed by atoms with Gasteiger partial charge < -0.3 is 24.0 Å². The van der Waals surface area contributed by atoms with Gasteiger partial charge in [0.1, 0.15) is 11.3 Å². The Morgan fingerprint density at radius 3 is 2.45 bits per heavy atom. The molecule has 1 fully saturated rings. The van der Waals surface area contributed by atoms with E-state index in [1.54, 1.807) is 36.3 Å². The molecule has 1 aliphatic heterocycles. The highest BCUT2D eigenvalue weighted by Gasteiger charge is 2.38. The molecule has 172 valence electrons. The van der Waals surface area contributed by atoms with E-state index in [-0.39, 0.29) is 18.7 Å². The fraction of sp³-hybridized carbons (Fsp3) is 0.346. The predicted octanol–water partition coefficient (Wildman–Crippen LogP) is 2.35. The molecule has 0 unspecified atom stereocenters. The number of carboxylic acids is 1. The number of aliphatic carboxylic acids is 1. The Bertz CT molecular complexity index is 1240. The molecule has 7 heteroatoms. The van der Waals surface area contributed by atoms with Gasteiger partial charge in [0.05, 0.1) is 13.1 Å². The smallest absolute Gasteiger partial charge is 0.339 e. The average Bonchev–Trinajstić information content (AvgIpc) is 2.83. The van der Waals surface area contributed by atoms with Crippen LogP contribution in [0.5, 0.6) is 5.75 Å². The van der Waals surface area contributed by atoms with Crippen LogP contribution in [0.3, 0.4) is 0 Å². The van der Waals surface area contributed by atoms with E-state index in [0.29, 0.717) is 48.4 Å². The van der Waals surface area contributed by atoms with Crippen molar-refractivity contribution in [2.75, 3.05) is 20.2 Å². The fourth-order valence-electron chi connectivity index (χ4n) is 4.69. The number of likely N-dealkylation sites (tertiary alicyclic amines) is 1. The van der Waals surface area contributed by atoms with Crippen LogP contribution in [0.4, 0.5) is 0 Å². The second-order valence-corrected chi connectivity index (χ2v) is 8.47. The molecule has 7 nitrogen and oxygen atoms in total. The number of carbonyl (C=O) groups excluding carboxylic acids is 2. The number of hydrogen-bond acceptors (Lipinski definition) is 6. The molecule has 0 spiro atoms. The molecule has 4 rings (SSSR count). The van der Waals surface area contributed by atoms with E-state index in [0.717, 1.165) is 10.9 Å². The van der Waals surface area contributed by atoms with Gasteiger partial charge in [0, 0.05) is 41.9 Å². The Hall–Kier alpha value is -3.61. The average molecular weight is 448 g/mol. The van der Waals surface area contributed by atoms with Gasteiger partial charge >= 0.3 is 5.63 Å². The molecule has 1 aromatic heterocycles. The minimum absolute atomic E-state index is 0.108. The van der Waals surface area contributed by atoms with Crippen LogP contribution in [0, 0.1) is 6.92 Å². The lowest BCUT2D eigenvalue weighted by Gasteiger charge is -2.43. The lowest BCUT2D eigenvalue weighted by Crippen LogP contribution is -2.53. The summed E-state index contributed by atoms with van der Waals surface area (Å²) in [6.45, 7) is 2.50. The number of carboxylic acid groups (broad SMARTS) is 1. The second kappa shape index (κ2) is 9.10. The zero-order valence-corrected chi connectivity index (χ0v) is 18.8. The lowest BCUT2D eigenvalue weighted by atomic mass is 9.73. The first-order valence-electron chi connectivity index (χ1n) is 11.0. The van der Waals surface area contributed by atoms with Crippen LogP contribution in [0.2, 0.25) is 0 Å². The fourth-order valence-corrected chi connectivity index (χ4v) is 4.69. The highest BCUT2D eigenvalue weighted by molar-refractivity contribution is 5.83. The number of rotatable bonds is 6. The maximum absolute atomic E-state index is 12.9. The third-order valence-electron chi connectivity index (χ3n) is 6.77. The van der Waals surface area contributed by atoms with Gasteiger partial charge in [-0.2, -0.15) is 0 Å². The molecule has 0 radical (unpaired) electrons. The first kappa shape index (κ1) is 22.6. The third-order valence-corrected chi connectivity index (χ3v) is 6.77. The van der Waals surface area contributed by atoms with Gasteiger partial charge in [0.15, 0.2) is 0 Å². The van der Waals surface area contributed by atoms with Crippen molar-refractivity contribution >= 4 is 22.8 Å². The first-order valence-corrected chi connectivity index (χ1v) is 11.0. The standard InChI is InChI=1S/C26H27NO6/c1-17-20-9-8-19(32-2)16-22(20)33-24(29)21(17)10-11-23(28)27-14-12-26(13-15-27,25(30)31)18-6-4-3-5-7-18/h3-9,16H,10-15H2,1-2H3,(H,30,31)/p-1. The molecule has 0 aliphatic carbocycles. The van der Waals surface area contributed by atoms with E-state index in [9.17, 15) is 19.5 Å². The van der Waals surface area contributed by atoms with Gasteiger partial charge in [0.2, 0.25) is 5.91 Å². The highest BCUT2D eigenvalue weighted by Crippen LogP contribution is 2.35. The summed E-state index contributed by atoms with van der Waals surface area (Å²) in [5, 5.41) is 12.8. The number of benzene rings is 2. The zero-order chi connectivity index (χ0) is 23.6. The Kier molecular flexibility index (Phi) is 6.22. The molecule has 1 saturated heterocycles. The van der Waals surface area contributed by atoms with E-state index in [1.807, 2.05) is 31.2 Å². The number of fused-ring (bicyclic) bond motifs is 1. The molecule has 3 aromatic rings. The number of amides is 1. The summed E-state index contributed by atoms with van der Waals surface area (Å²) in [6.07, 6.45) is 1.00. The molecule has 2 aromatic carbocycles. The summed E-state index contributed by atoms with van der Waals surface area (Å²) < 4.78 is 10.6. The van der Waals surface area contributed by atoms with Crippen LogP contribution < -0.4 is 15.5 Å². The zero-order valence-electron chi connectivity index (χ0n) is 18.8. The summed E-state index contributed by atoms with van der Waals surface area (Å²) >= 11 is 0. The van der Waals surface area contributed by atoms with Crippen LogP contribution in [0.1, 0.15) is 36.0 Å². The summed E-state index contributed by atoms with van der Waals surface area (Å²) in [6, 6.07) is 14.4. The largest absolute Gasteiger partial charge is 0.549 e. The van der Waals surface area contributed by atoms with Crippen molar-refractivity contribution < 1.29 is 23.8 Å². The van der Waals surface area contributed by atoms with E-state index >= 15 is 0 Å². The number of aryl methyl sites for hydroxylation is 1. The minimum Gasteiger partial charge on any atom is -0.549 e. The number of methoxy groups -OCH3 is 1. The van der Waals surface area contributed by atoms with Crippen molar-refractivity contribution in [3.8, 4) is 5.75 Å². The van der Waals surface area contributed by atoms with Crippen LogP contribution >= 0.6 is 0 Å².